The fourth-order valence-corrected chi connectivity index (χ4v) is 6.91. The molecular formula is C31H20N2S. The number of aromatic nitrogens is 2. The van der Waals surface area contributed by atoms with Gasteiger partial charge < -0.3 is 9.13 Å². The average Bonchev–Trinajstić information content (AvgIpc) is 3.38. The van der Waals surface area contributed by atoms with E-state index in [1.54, 1.807) is 0 Å². The maximum atomic E-state index is 2.48. The Morgan fingerprint density at radius 1 is 0.559 bits per heavy atom. The predicted octanol–water partition coefficient (Wildman–Crippen LogP) is 8.65. The molecule has 7 aromatic rings. The highest BCUT2D eigenvalue weighted by Crippen LogP contribution is 2.51. The number of nitrogens with zero attached hydrogens (tertiary/aromatic N) is 2. The smallest absolute Gasteiger partial charge is 0.0688 e. The fourth-order valence-electron chi connectivity index (χ4n) is 5.80. The lowest BCUT2D eigenvalue weighted by Crippen LogP contribution is -2.01. The fraction of sp³-hybridized carbons (Fsp3) is 0.0323. The monoisotopic (exact) mass is 452 g/mol. The predicted molar refractivity (Wildman–Crippen MR) is 144 cm³/mol. The van der Waals surface area contributed by atoms with Crippen LogP contribution in [0.2, 0.25) is 0 Å². The standard InChI is InChI=1S/C31H20N2S/c1-19-9-8-10-20(17-19)32-23-13-4-2-11-21(23)29-26(32)18-28-31-30(29)22-12-3-5-14-24(22)33(31)25-15-6-7-16-27(25)34-28/h2-18H,1H3. The van der Waals surface area contributed by atoms with Crippen LogP contribution in [0, 0.1) is 6.92 Å². The van der Waals surface area contributed by atoms with Gasteiger partial charge in [0.25, 0.3) is 0 Å². The van der Waals surface area contributed by atoms with Gasteiger partial charge in [-0.05, 0) is 55.0 Å². The SMILES string of the molecule is Cc1cccc(-n2c3ccccc3c3c4c5ccccc5n5c4c(cc32)Sc2ccccc2-5)c1. The molecule has 0 spiro atoms. The van der Waals surface area contributed by atoms with Gasteiger partial charge in [-0.15, -0.1) is 0 Å². The van der Waals surface area contributed by atoms with E-state index in [-0.39, 0.29) is 0 Å². The summed E-state index contributed by atoms with van der Waals surface area (Å²) >= 11 is 1.89. The molecule has 0 saturated heterocycles. The Labute approximate surface area is 201 Å². The third-order valence-electron chi connectivity index (χ3n) is 7.12. The summed E-state index contributed by atoms with van der Waals surface area (Å²) in [6.07, 6.45) is 0. The normalized spacial score (nSPS) is 12.7. The van der Waals surface area contributed by atoms with Crippen LogP contribution >= 0.6 is 11.8 Å². The van der Waals surface area contributed by atoms with E-state index in [0.29, 0.717) is 0 Å². The molecule has 3 heterocycles. The Morgan fingerprint density at radius 3 is 2.09 bits per heavy atom. The highest BCUT2D eigenvalue weighted by molar-refractivity contribution is 7.99. The van der Waals surface area contributed by atoms with Crippen molar-refractivity contribution in [3.8, 4) is 11.4 Å². The summed E-state index contributed by atoms with van der Waals surface area (Å²) < 4.78 is 4.92. The molecule has 3 heteroatoms. The minimum atomic E-state index is 1.21. The first-order valence-corrected chi connectivity index (χ1v) is 12.4. The van der Waals surface area contributed by atoms with Gasteiger partial charge in [-0.25, -0.2) is 0 Å². The van der Waals surface area contributed by atoms with Gasteiger partial charge in [0.2, 0.25) is 0 Å². The summed E-state index contributed by atoms with van der Waals surface area (Å²) in [5.41, 5.74) is 8.86. The second-order valence-electron chi connectivity index (χ2n) is 9.11. The van der Waals surface area contributed by atoms with Crippen molar-refractivity contribution in [1.82, 2.24) is 9.13 Å². The van der Waals surface area contributed by atoms with Gasteiger partial charge in [-0.1, -0.05) is 72.4 Å². The van der Waals surface area contributed by atoms with Crippen LogP contribution in [0.25, 0.3) is 55.0 Å². The molecule has 34 heavy (non-hydrogen) atoms. The van der Waals surface area contributed by atoms with Crippen LogP contribution in [-0.4, -0.2) is 9.13 Å². The zero-order chi connectivity index (χ0) is 22.4. The molecule has 0 N–H and O–H groups in total. The lowest BCUT2D eigenvalue weighted by molar-refractivity contribution is 1.09. The highest BCUT2D eigenvalue weighted by atomic mass is 32.2. The minimum absolute atomic E-state index is 1.21. The third kappa shape index (κ3) is 2.27. The van der Waals surface area contributed by atoms with E-state index in [2.05, 4.69) is 119 Å². The van der Waals surface area contributed by atoms with Crippen molar-refractivity contribution in [3.05, 3.63) is 109 Å². The van der Waals surface area contributed by atoms with E-state index < -0.39 is 0 Å². The second-order valence-corrected chi connectivity index (χ2v) is 10.2. The number of fused-ring (bicyclic) bond motifs is 9. The van der Waals surface area contributed by atoms with Crippen LogP contribution in [0.15, 0.2) is 113 Å². The molecule has 0 atom stereocenters. The topological polar surface area (TPSA) is 9.86 Å². The van der Waals surface area contributed by atoms with Crippen LogP contribution in [0.1, 0.15) is 5.56 Å². The van der Waals surface area contributed by atoms with E-state index >= 15 is 0 Å². The van der Waals surface area contributed by atoms with Crippen LogP contribution in [0.3, 0.4) is 0 Å². The van der Waals surface area contributed by atoms with Crippen molar-refractivity contribution in [2.75, 3.05) is 0 Å². The molecule has 2 aromatic heterocycles. The zero-order valence-electron chi connectivity index (χ0n) is 18.6. The molecule has 0 fully saturated rings. The number of benzene rings is 5. The van der Waals surface area contributed by atoms with E-state index in [0.717, 1.165) is 0 Å². The number of para-hydroxylation sites is 3. The van der Waals surface area contributed by atoms with Crippen molar-refractivity contribution >= 4 is 55.4 Å². The average molecular weight is 453 g/mol. The van der Waals surface area contributed by atoms with Crippen molar-refractivity contribution < 1.29 is 0 Å². The molecule has 1 aliphatic rings. The van der Waals surface area contributed by atoms with Gasteiger partial charge in [0.15, 0.2) is 0 Å². The summed E-state index contributed by atoms with van der Waals surface area (Å²) in [7, 11) is 0. The van der Waals surface area contributed by atoms with Crippen LogP contribution < -0.4 is 0 Å². The summed E-state index contributed by atoms with van der Waals surface area (Å²) in [6, 6.07) is 37.7. The van der Waals surface area contributed by atoms with E-state index in [1.807, 2.05) is 11.8 Å². The highest BCUT2D eigenvalue weighted by Gasteiger charge is 2.27. The molecule has 0 unspecified atom stereocenters. The van der Waals surface area contributed by atoms with E-state index in [9.17, 15) is 0 Å². The van der Waals surface area contributed by atoms with Crippen LogP contribution in [0.4, 0.5) is 0 Å². The van der Waals surface area contributed by atoms with E-state index in [4.69, 9.17) is 0 Å². The molecule has 160 valence electrons. The van der Waals surface area contributed by atoms with Gasteiger partial charge in [0, 0.05) is 37.0 Å². The minimum Gasteiger partial charge on any atom is -0.309 e. The van der Waals surface area contributed by atoms with Crippen LogP contribution in [-0.2, 0) is 0 Å². The molecule has 0 bridgehead atoms. The molecular weight excluding hydrogens is 432 g/mol. The molecule has 8 rings (SSSR count). The van der Waals surface area contributed by atoms with Gasteiger partial charge in [-0.2, -0.15) is 0 Å². The first kappa shape index (κ1) is 18.5. The summed E-state index contributed by atoms with van der Waals surface area (Å²) in [6.45, 7) is 2.17. The van der Waals surface area contributed by atoms with Crippen molar-refractivity contribution in [3.63, 3.8) is 0 Å². The van der Waals surface area contributed by atoms with Gasteiger partial charge in [-0.3, -0.25) is 0 Å². The second kappa shape index (κ2) is 6.55. The summed E-state index contributed by atoms with van der Waals surface area (Å²) in [5, 5.41) is 5.31. The molecule has 0 radical (unpaired) electrons. The molecule has 2 nitrogen and oxygen atoms in total. The lowest BCUT2D eigenvalue weighted by atomic mass is 10.1. The first-order chi connectivity index (χ1) is 16.8. The Balaban J connectivity index is 1.67. The quantitative estimate of drug-likeness (QED) is 0.242. The molecule has 0 aliphatic carbocycles. The van der Waals surface area contributed by atoms with Gasteiger partial charge in [0.05, 0.1) is 27.8 Å². The van der Waals surface area contributed by atoms with Crippen LogP contribution in [0.5, 0.6) is 0 Å². The van der Waals surface area contributed by atoms with Crippen molar-refractivity contribution in [2.24, 2.45) is 0 Å². The van der Waals surface area contributed by atoms with Gasteiger partial charge >= 0.3 is 0 Å². The molecule has 0 amide bonds. The summed E-state index contributed by atoms with van der Waals surface area (Å²) in [4.78, 5) is 2.62. The van der Waals surface area contributed by atoms with Crippen molar-refractivity contribution in [2.45, 2.75) is 16.7 Å². The zero-order valence-corrected chi connectivity index (χ0v) is 19.4. The van der Waals surface area contributed by atoms with Gasteiger partial charge in [0.1, 0.15) is 0 Å². The Kier molecular flexibility index (Phi) is 3.56. The first-order valence-electron chi connectivity index (χ1n) is 11.6. The third-order valence-corrected chi connectivity index (χ3v) is 8.22. The number of rotatable bonds is 1. The van der Waals surface area contributed by atoms with Crippen molar-refractivity contribution in [1.29, 1.82) is 0 Å². The Bertz CT molecular complexity index is 1950. The number of aryl methyl sites for hydroxylation is 1. The lowest BCUT2D eigenvalue weighted by Gasteiger charge is -2.20. The molecule has 1 aliphatic heterocycles. The molecule has 5 aromatic carbocycles. The maximum absolute atomic E-state index is 2.48. The number of hydrogen-bond acceptors (Lipinski definition) is 1. The summed E-state index contributed by atoms with van der Waals surface area (Å²) in [5.74, 6) is 0. The maximum Gasteiger partial charge on any atom is 0.0688 e. The molecule has 0 saturated carbocycles. The number of hydrogen-bond donors (Lipinski definition) is 0. The Hall–Kier alpha value is -3.95. The largest absolute Gasteiger partial charge is 0.309 e. The Morgan fingerprint density at radius 2 is 1.26 bits per heavy atom. The van der Waals surface area contributed by atoms with E-state index in [1.165, 1.54) is 70.3 Å².